The van der Waals surface area contributed by atoms with Gasteiger partial charge in [0.25, 0.3) is 0 Å². The zero-order chi connectivity index (χ0) is 10.0. The second-order valence-corrected chi connectivity index (χ2v) is 2.77. The van der Waals surface area contributed by atoms with Crippen LogP contribution in [0.2, 0.25) is 5.02 Å². The van der Waals surface area contributed by atoms with Crippen molar-refractivity contribution < 1.29 is 4.92 Å². The Morgan fingerprint density at radius 2 is 2.23 bits per heavy atom. The molecule has 0 radical (unpaired) electrons. The molecule has 0 fully saturated rings. The summed E-state index contributed by atoms with van der Waals surface area (Å²) in [5.41, 5.74) is 5.15. The Morgan fingerprint density at radius 1 is 1.62 bits per heavy atom. The first-order chi connectivity index (χ1) is 6.07. The third-order valence-corrected chi connectivity index (χ3v) is 1.89. The molecule has 0 bridgehead atoms. The maximum atomic E-state index is 10.5. The number of anilines is 1. The Morgan fingerprint density at radius 3 is 2.62 bits per heavy atom. The van der Waals surface area contributed by atoms with E-state index in [1.165, 1.54) is 12.1 Å². The summed E-state index contributed by atoms with van der Waals surface area (Å²) in [6, 6.07) is 2.75. The quantitative estimate of drug-likeness (QED) is 0.468. The zero-order valence-corrected chi connectivity index (χ0v) is 7.80. The molecule has 0 unspecified atom stereocenters. The van der Waals surface area contributed by atoms with Crippen molar-refractivity contribution >= 4 is 41.1 Å². The van der Waals surface area contributed by atoms with Crippen molar-refractivity contribution in [1.29, 1.82) is 0 Å². The van der Waals surface area contributed by atoms with Crippen molar-refractivity contribution in [3.8, 4) is 0 Å². The molecule has 1 rings (SSSR count). The van der Waals surface area contributed by atoms with E-state index >= 15 is 0 Å². The molecule has 0 aliphatic rings. The number of rotatable bonds is 2. The summed E-state index contributed by atoms with van der Waals surface area (Å²) >= 11 is 9.93. The molecule has 0 saturated heterocycles. The molecule has 0 spiro atoms. The van der Waals surface area contributed by atoms with Crippen LogP contribution in [0.3, 0.4) is 0 Å². The number of halogens is 1. The maximum absolute atomic E-state index is 10.5. The first-order valence-electron chi connectivity index (χ1n) is 3.13. The van der Waals surface area contributed by atoms with E-state index in [4.69, 9.17) is 17.3 Å². The molecule has 0 aliphatic carbocycles. The Bertz CT molecular complexity index is 382. The lowest BCUT2D eigenvalue weighted by Crippen LogP contribution is -1.93. The smallest absolute Gasteiger partial charge is 0.316 e. The van der Waals surface area contributed by atoms with Crippen LogP contribution in [0.1, 0.15) is 0 Å². The van der Waals surface area contributed by atoms with Crippen LogP contribution in [-0.4, -0.2) is 4.92 Å². The van der Waals surface area contributed by atoms with Gasteiger partial charge in [-0.1, -0.05) is 11.6 Å². The highest BCUT2D eigenvalue weighted by molar-refractivity contribution is 7.47. The number of nitro benzene ring substituents is 1. The zero-order valence-electron chi connectivity index (χ0n) is 6.23. The average Bonchev–Trinajstić information content (AvgIpc) is 2.07. The number of nitrogens with two attached hydrogens (primary N) is 1. The van der Waals surface area contributed by atoms with E-state index in [-0.39, 0.29) is 22.1 Å². The van der Waals surface area contributed by atoms with Gasteiger partial charge in [0.1, 0.15) is 5.02 Å². The molecule has 1 aromatic carbocycles. The highest BCUT2D eigenvalue weighted by Gasteiger charge is 2.20. The molecule has 0 amide bonds. The van der Waals surface area contributed by atoms with E-state index in [2.05, 4.69) is 16.8 Å². The van der Waals surface area contributed by atoms with E-state index in [0.717, 1.165) is 0 Å². The second kappa shape index (κ2) is 3.63. The number of benzene rings is 1. The Hall–Kier alpha value is -1.27. The maximum Gasteiger partial charge on any atom is 0.316 e. The average molecular weight is 218 g/mol. The normalized spacial score (nSPS) is 9.62. The third-order valence-electron chi connectivity index (χ3n) is 1.41. The molecule has 0 heterocycles. The van der Waals surface area contributed by atoms with Gasteiger partial charge in [0.05, 0.1) is 10.6 Å². The highest BCUT2D eigenvalue weighted by atomic mass is 35.5. The van der Waals surface area contributed by atoms with Crippen LogP contribution < -0.4 is 5.73 Å². The first-order valence-corrected chi connectivity index (χ1v) is 3.88. The number of nitrogens with zero attached hydrogens (tertiary/aromatic N) is 2. The van der Waals surface area contributed by atoms with Crippen molar-refractivity contribution in [3.63, 3.8) is 0 Å². The largest absolute Gasteiger partial charge is 0.397 e. The molecule has 1 aromatic rings. The Balaban J connectivity index is 3.52. The molecular weight excluding hydrogens is 214 g/mol. The van der Waals surface area contributed by atoms with Crippen LogP contribution in [0.25, 0.3) is 0 Å². The van der Waals surface area contributed by atoms with Gasteiger partial charge >= 0.3 is 5.69 Å². The summed E-state index contributed by atoms with van der Waals surface area (Å²) in [6.07, 6.45) is 0. The predicted molar refractivity (Wildman–Crippen MR) is 52.0 cm³/mol. The van der Waals surface area contributed by atoms with Crippen LogP contribution in [0, 0.1) is 10.1 Å². The van der Waals surface area contributed by atoms with Gasteiger partial charge in [0.15, 0.2) is 5.69 Å². The molecule has 0 atom stereocenters. The van der Waals surface area contributed by atoms with Crippen molar-refractivity contribution in [2.75, 3.05) is 5.73 Å². The third kappa shape index (κ3) is 1.73. The van der Waals surface area contributed by atoms with E-state index in [1.807, 2.05) is 0 Å². The van der Waals surface area contributed by atoms with Crippen molar-refractivity contribution in [3.05, 3.63) is 27.3 Å². The van der Waals surface area contributed by atoms with Gasteiger partial charge in [-0.2, -0.15) is 4.36 Å². The number of nitrogen functional groups attached to an aromatic ring is 1. The van der Waals surface area contributed by atoms with Crippen molar-refractivity contribution in [1.82, 2.24) is 0 Å². The van der Waals surface area contributed by atoms with Crippen molar-refractivity contribution in [2.24, 2.45) is 4.36 Å². The minimum Gasteiger partial charge on any atom is -0.397 e. The van der Waals surface area contributed by atoms with Crippen LogP contribution >= 0.6 is 11.6 Å². The fraction of sp³-hybridized carbons (Fsp3) is 0. The fourth-order valence-corrected chi connectivity index (χ4v) is 1.25. The monoisotopic (exact) mass is 217 g/mol. The molecule has 0 saturated carbocycles. The molecular formula is C6H4ClN3O2S. The van der Waals surface area contributed by atoms with E-state index < -0.39 is 4.92 Å². The van der Waals surface area contributed by atoms with Gasteiger partial charge in [0, 0.05) is 12.4 Å². The lowest BCUT2D eigenvalue weighted by Gasteiger charge is -2.00. The molecule has 13 heavy (non-hydrogen) atoms. The van der Waals surface area contributed by atoms with Gasteiger partial charge in [-0.3, -0.25) is 10.1 Å². The lowest BCUT2D eigenvalue weighted by atomic mass is 10.2. The molecule has 7 heteroatoms. The number of nitro groups is 1. The van der Waals surface area contributed by atoms with Crippen molar-refractivity contribution in [2.45, 2.75) is 0 Å². The van der Waals surface area contributed by atoms with Gasteiger partial charge < -0.3 is 5.73 Å². The SMILES string of the molecule is Nc1ccc(Cl)c([N+](=O)[O-])c1N=S. The van der Waals surface area contributed by atoms with Crippen LogP contribution in [0.15, 0.2) is 16.5 Å². The Labute approximate surface area is 83.8 Å². The Kier molecular flexibility index (Phi) is 2.74. The minimum absolute atomic E-state index is 0.0252. The van der Waals surface area contributed by atoms with Gasteiger partial charge in [0.2, 0.25) is 0 Å². The second-order valence-electron chi connectivity index (χ2n) is 2.18. The number of hydrogen-bond acceptors (Lipinski definition) is 5. The topological polar surface area (TPSA) is 81.5 Å². The van der Waals surface area contributed by atoms with Crippen LogP contribution in [0.5, 0.6) is 0 Å². The molecule has 5 nitrogen and oxygen atoms in total. The van der Waals surface area contributed by atoms with E-state index in [1.54, 1.807) is 0 Å². The van der Waals surface area contributed by atoms with E-state index in [9.17, 15) is 10.1 Å². The predicted octanol–water partition coefficient (Wildman–Crippen LogP) is 2.19. The standard InChI is InChI=1S/C6H4ClN3O2S/c7-3-1-2-4(8)5(9-13)6(3)10(11)12/h1-2H,8H2. The van der Waals surface area contributed by atoms with Gasteiger partial charge in [-0.15, -0.1) is 0 Å². The summed E-state index contributed by atoms with van der Waals surface area (Å²) in [4.78, 5) is 9.85. The van der Waals surface area contributed by atoms with Crippen LogP contribution in [-0.2, 0) is 12.4 Å². The summed E-state index contributed by atoms with van der Waals surface area (Å²) in [7, 11) is 0. The summed E-state index contributed by atoms with van der Waals surface area (Å²) in [5.74, 6) is 0. The lowest BCUT2D eigenvalue weighted by molar-refractivity contribution is -0.383. The van der Waals surface area contributed by atoms with E-state index in [0.29, 0.717) is 0 Å². The molecule has 0 aliphatic heterocycles. The summed E-state index contributed by atoms with van der Waals surface area (Å²) < 4.78 is 3.28. The minimum atomic E-state index is -0.663. The highest BCUT2D eigenvalue weighted by Crippen LogP contribution is 2.38. The summed E-state index contributed by atoms with van der Waals surface area (Å²) in [5, 5.41) is 10.5. The van der Waals surface area contributed by atoms with Gasteiger partial charge in [-0.25, -0.2) is 0 Å². The number of hydrogen-bond donors (Lipinski definition) is 1. The van der Waals surface area contributed by atoms with Crippen LogP contribution in [0.4, 0.5) is 17.1 Å². The molecule has 68 valence electrons. The van der Waals surface area contributed by atoms with Gasteiger partial charge in [-0.05, 0) is 12.1 Å². The molecule has 0 aromatic heterocycles. The molecule has 2 N–H and O–H groups in total. The fourth-order valence-electron chi connectivity index (χ4n) is 0.840. The first kappa shape index (κ1) is 9.82. The summed E-state index contributed by atoms with van der Waals surface area (Å²) in [6.45, 7) is 0.